The van der Waals surface area contributed by atoms with Crippen LogP contribution in [-0.2, 0) is 6.42 Å². The SMILES string of the molecule is COc1cc(OC)c([C@@H]2COc3c(ccc4c3C=CC(C)(C)O4)C2)cc1/C=C/C(=O)c1ccccc1. The van der Waals surface area contributed by atoms with Crippen molar-refractivity contribution in [3.63, 3.8) is 0 Å². The molecule has 1 atom stereocenters. The lowest BCUT2D eigenvalue weighted by atomic mass is 9.87. The van der Waals surface area contributed by atoms with E-state index in [2.05, 4.69) is 18.2 Å². The van der Waals surface area contributed by atoms with Gasteiger partial charge in [-0.25, -0.2) is 0 Å². The molecule has 0 bridgehead atoms. The van der Waals surface area contributed by atoms with Gasteiger partial charge in [-0.15, -0.1) is 0 Å². The van der Waals surface area contributed by atoms with E-state index in [9.17, 15) is 4.79 Å². The molecule has 5 rings (SSSR count). The van der Waals surface area contributed by atoms with Crippen LogP contribution in [0.3, 0.4) is 0 Å². The number of fused-ring (bicyclic) bond motifs is 3. The molecular formula is C31H30O5. The second-order valence-corrected chi connectivity index (χ2v) is 9.62. The Hall–Kier alpha value is -3.99. The molecule has 0 fully saturated rings. The van der Waals surface area contributed by atoms with Gasteiger partial charge in [-0.1, -0.05) is 36.4 Å². The molecule has 0 unspecified atom stereocenters. The van der Waals surface area contributed by atoms with Gasteiger partial charge in [0.2, 0.25) is 0 Å². The van der Waals surface area contributed by atoms with Crippen molar-refractivity contribution in [1.82, 2.24) is 0 Å². The molecule has 0 aromatic heterocycles. The minimum absolute atomic E-state index is 0.0619. The Morgan fingerprint density at radius 1 is 1.03 bits per heavy atom. The van der Waals surface area contributed by atoms with Crippen molar-refractivity contribution in [3.05, 3.63) is 94.6 Å². The quantitative estimate of drug-likeness (QED) is 0.296. The van der Waals surface area contributed by atoms with Crippen LogP contribution in [0.25, 0.3) is 12.2 Å². The van der Waals surface area contributed by atoms with E-state index in [0.29, 0.717) is 17.9 Å². The molecular weight excluding hydrogens is 452 g/mol. The molecule has 3 aromatic rings. The van der Waals surface area contributed by atoms with Crippen LogP contribution in [0.5, 0.6) is 23.0 Å². The van der Waals surface area contributed by atoms with Crippen molar-refractivity contribution in [2.45, 2.75) is 31.8 Å². The van der Waals surface area contributed by atoms with Crippen molar-refractivity contribution in [3.8, 4) is 23.0 Å². The van der Waals surface area contributed by atoms with Gasteiger partial charge in [-0.2, -0.15) is 0 Å². The molecule has 0 aliphatic carbocycles. The molecule has 36 heavy (non-hydrogen) atoms. The first-order chi connectivity index (χ1) is 17.4. The monoisotopic (exact) mass is 482 g/mol. The average molecular weight is 483 g/mol. The van der Waals surface area contributed by atoms with Gasteiger partial charge in [-0.3, -0.25) is 4.79 Å². The molecule has 0 saturated heterocycles. The predicted molar refractivity (Wildman–Crippen MR) is 141 cm³/mol. The molecule has 0 saturated carbocycles. The molecule has 0 N–H and O–H groups in total. The molecule has 2 aliphatic rings. The van der Waals surface area contributed by atoms with E-state index in [1.807, 2.05) is 50.2 Å². The van der Waals surface area contributed by atoms with Gasteiger partial charge in [0.05, 0.1) is 26.4 Å². The van der Waals surface area contributed by atoms with Crippen LogP contribution < -0.4 is 18.9 Å². The van der Waals surface area contributed by atoms with Gasteiger partial charge >= 0.3 is 0 Å². The third-order valence-corrected chi connectivity index (χ3v) is 6.65. The van der Waals surface area contributed by atoms with Gasteiger partial charge < -0.3 is 18.9 Å². The third-order valence-electron chi connectivity index (χ3n) is 6.65. The lowest BCUT2D eigenvalue weighted by molar-refractivity contribution is 0.104. The van der Waals surface area contributed by atoms with Crippen molar-refractivity contribution < 1.29 is 23.7 Å². The number of methoxy groups -OCH3 is 2. The molecule has 5 nitrogen and oxygen atoms in total. The minimum atomic E-state index is -0.333. The van der Waals surface area contributed by atoms with Crippen LogP contribution in [0, 0.1) is 0 Å². The maximum absolute atomic E-state index is 12.6. The number of carbonyl (C=O) groups excluding carboxylic acids is 1. The molecule has 5 heteroatoms. The van der Waals surface area contributed by atoms with Crippen LogP contribution in [0.15, 0.2) is 66.7 Å². The Morgan fingerprint density at radius 2 is 1.81 bits per heavy atom. The maximum atomic E-state index is 12.6. The molecule has 2 aliphatic heterocycles. The summed E-state index contributed by atoms with van der Waals surface area (Å²) >= 11 is 0. The van der Waals surface area contributed by atoms with Crippen LogP contribution in [-0.4, -0.2) is 32.2 Å². The number of carbonyl (C=O) groups is 1. The fraction of sp³-hybridized carbons (Fsp3) is 0.258. The molecule has 3 aromatic carbocycles. The first kappa shape index (κ1) is 23.7. The number of hydrogen-bond acceptors (Lipinski definition) is 5. The van der Waals surface area contributed by atoms with E-state index in [4.69, 9.17) is 18.9 Å². The number of ketones is 1. The first-order valence-corrected chi connectivity index (χ1v) is 12.1. The topological polar surface area (TPSA) is 54.0 Å². The largest absolute Gasteiger partial charge is 0.496 e. The Labute approximate surface area is 212 Å². The van der Waals surface area contributed by atoms with Gasteiger partial charge in [-0.05, 0) is 62.3 Å². The van der Waals surface area contributed by atoms with Crippen LogP contribution in [0.1, 0.15) is 52.4 Å². The summed E-state index contributed by atoms with van der Waals surface area (Å²) in [5.74, 6) is 3.13. The normalized spacial score (nSPS) is 17.5. The molecule has 0 amide bonds. The second kappa shape index (κ2) is 9.57. The standard InChI is InChI=1S/C31H30O5/c1-31(2)15-14-24-27(36-31)13-11-22-16-23(19-35-30(22)24)25-17-21(28(33-3)18-29(25)34-4)10-12-26(32)20-8-6-5-7-9-20/h5-15,17-18,23H,16,19H2,1-4H3/b12-10+/t23-/m0/s1. The lowest BCUT2D eigenvalue weighted by Crippen LogP contribution is -2.28. The fourth-order valence-electron chi connectivity index (χ4n) is 4.78. The average Bonchev–Trinajstić information content (AvgIpc) is 2.90. The number of rotatable bonds is 6. The number of hydrogen-bond donors (Lipinski definition) is 0. The summed E-state index contributed by atoms with van der Waals surface area (Å²) in [5, 5.41) is 0. The predicted octanol–water partition coefficient (Wildman–Crippen LogP) is 6.50. The van der Waals surface area contributed by atoms with Gasteiger partial charge in [0.15, 0.2) is 5.78 Å². The highest BCUT2D eigenvalue weighted by Gasteiger charge is 2.30. The van der Waals surface area contributed by atoms with Crippen molar-refractivity contribution >= 4 is 17.9 Å². The zero-order valence-electron chi connectivity index (χ0n) is 21.0. The third kappa shape index (κ3) is 4.61. The minimum Gasteiger partial charge on any atom is -0.496 e. The summed E-state index contributed by atoms with van der Waals surface area (Å²) in [5.41, 5.74) is 4.26. The highest BCUT2D eigenvalue weighted by atomic mass is 16.5. The van der Waals surface area contributed by atoms with E-state index in [1.54, 1.807) is 38.5 Å². The summed E-state index contributed by atoms with van der Waals surface area (Å²) < 4.78 is 23.8. The summed E-state index contributed by atoms with van der Waals surface area (Å²) in [6.07, 6.45) is 8.34. The van der Waals surface area contributed by atoms with E-state index in [0.717, 1.165) is 45.9 Å². The Bertz CT molecular complexity index is 1350. The number of benzene rings is 3. The zero-order chi connectivity index (χ0) is 25.3. The number of ether oxygens (including phenoxy) is 4. The van der Waals surface area contributed by atoms with E-state index >= 15 is 0 Å². The summed E-state index contributed by atoms with van der Waals surface area (Å²) in [6.45, 7) is 4.59. The molecule has 184 valence electrons. The van der Waals surface area contributed by atoms with E-state index in [-0.39, 0.29) is 17.3 Å². The van der Waals surface area contributed by atoms with E-state index in [1.165, 1.54) is 0 Å². The second-order valence-electron chi connectivity index (χ2n) is 9.62. The van der Waals surface area contributed by atoms with Crippen LogP contribution in [0.2, 0.25) is 0 Å². The first-order valence-electron chi connectivity index (χ1n) is 12.1. The Kier molecular flexibility index (Phi) is 6.31. The highest BCUT2D eigenvalue weighted by Crippen LogP contribution is 2.45. The number of allylic oxidation sites excluding steroid dienone is 1. The molecule has 0 spiro atoms. The smallest absolute Gasteiger partial charge is 0.185 e. The lowest BCUT2D eigenvalue weighted by Gasteiger charge is -2.32. The Balaban J connectivity index is 1.46. The van der Waals surface area contributed by atoms with Crippen molar-refractivity contribution in [2.24, 2.45) is 0 Å². The van der Waals surface area contributed by atoms with Crippen LogP contribution in [0.4, 0.5) is 0 Å². The van der Waals surface area contributed by atoms with Gasteiger partial charge in [0.25, 0.3) is 0 Å². The fourth-order valence-corrected chi connectivity index (χ4v) is 4.78. The maximum Gasteiger partial charge on any atom is 0.185 e. The summed E-state index contributed by atoms with van der Waals surface area (Å²) in [6, 6.07) is 17.2. The summed E-state index contributed by atoms with van der Waals surface area (Å²) in [4.78, 5) is 12.6. The molecule has 0 radical (unpaired) electrons. The van der Waals surface area contributed by atoms with Gasteiger partial charge in [0.1, 0.15) is 28.6 Å². The van der Waals surface area contributed by atoms with Crippen molar-refractivity contribution in [2.75, 3.05) is 20.8 Å². The summed E-state index contributed by atoms with van der Waals surface area (Å²) in [7, 11) is 3.27. The zero-order valence-corrected chi connectivity index (χ0v) is 21.0. The van der Waals surface area contributed by atoms with Gasteiger partial charge in [0, 0.05) is 28.7 Å². The highest BCUT2D eigenvalue weighted by molar-refractivity contribution is 6.06. The van der Waals surface area contributed by atoms with E-state index < -0.39 is 0 Å². The molecule has 2 heterocycles. The van der Waals surface area contributed by atoms with Crippen molar-refractivity contribution in [1.29, 1.82) is 0 Å². The Morgan fingerprint density at radius 3 is 2.56 bits per heavy atom. The van der Waals surface area contributed by atoms with Crippen LogP contribution >= 0.6 is 0 Å².